The van der Waals surface area contributed by atoms with E-state index in [1.807, 2.05) is 6.92 Å². The van der Waals surface area contributed by atoms with E-state index in [-0.39, 0.29) is 34.8 Å². The number of carbonyl (C=O) groups is 1. The third-order valence-electron chi connectivity index (χ3n) is 3.65. The van der Waals surface area contributed by atoms with E-state index in [2.05, 4.69) is 15.3 Å². The van der Waals surface area contributed by atoms with Crippen LogP contribution in [-0.4, -0.2) is 55.4 Å². The summed E-state index contributed by atoms with van der Waals surface area (Å²) in [4.78, 5) is 20.4. The molecular weight excluding hydrogens is 392 g/mol. The van der Waals surface area contributed by atoms with Crippen LogP contribution in [0.1, 0.15) is 23.1 Å². The fraction of sp³-hybridized carbons (Fsp3) is 0.353. The number of nitrogens with zero attached hydrogens (tertiary/aromatic N) is 3. The molecule has 8 nitrogen and oxygen atoms in total. The lowest BCUT2D eigenvalue weighted by Gasteiger charge is -2.16. The van der Waals surface area contributed by atoms with E-state index < -0.39 is 10.0 Å². The van der Waals surface area contributed by atoms with Crippen LogP contribution in [0.15, 0.2) is 41.6 Å². The standard InChI is InChI=1S/C17H21ClN4O4S/c1-12(11-26-3)21-17(23)13-8-19-16(20-9-13)10-22(2)27(24,25)15-6-4-14(18)5-7-15/h4-9,12H,10-11H2,1-3H3,(H,21,23)/t12-/m0/s1. The smallest absolute Gasteiger partial charge is 0.254 e. The van der Waals surface area contributed by atoms with Gasteiger partial charge in [-0.3, -0.25) is 4.79 Å². The summed E-state index contributed by atoms with van der Waals surface area (Å²) >= 11 is 5.79. The number of carbonyl (C=O) groups excluding carboxylic acids is 1. The molecule has 10 heteroatoms. The zero-order valence-electron chi connectivity index (χ0n) is 15.2. The van der Waals surface area contributed by atoms with Gasteiger partial charge < -0.3 is 10.1 Å². The summed E-state index contributed by atoms with van der Waals surface area (Å²) in [5, 5.41) is 3.20. The van der Waals surface area contributed by atoms with E-state index in [1.165, 1.54) is 43.7 Å². The first-order valence-electron chi connectivity index (χ1n) is 8.06. The van der Waals surface area contributed by atoms with Crippen molar-refractivity contribution in [2.24, 2.45) is 0 Å². The first-order valence-corrected chi connectivity index (χ1v) is 9.88. The summed E-state index contributed by atoms with van der Waals surface area (Å²) in [6.07, 6.45) is 2.72. The topological polar surface area (TPSA) is 101 Å². The van der Waals surface area contributed by atoms with Gasteiger partial charge in [0, 0.05) is 37.6 Å². The lowest BCUT2D eigenvalue weighted by Crippen LogP contribution is -2.35. The molecule has 1 heterocycles. The van der Waals surface area contributed by atoms with Gasteiger partial charge in [-0.1, -0.05) is 11.6 Å². The van der Waals surface area contributed by atoms with Gasteiger partial charge in [-0.25, -0.2) is 18.4 Å². The monoisotopic (exact) mass is 412 g/mol. The molecule has 0 aliphatic heterocycles. The Kier molecular flexibility index (Phi) is 7.25. The van der Waals surface area contributed by atoms with Gasteiger partial charge in [-0.2, -0.15) is 4.31 Å². The van der Waals surface area contributed by atoms with Crippen LogP contribution < -0.4 is 5.32 Å². The first-order chi connectivity index (χ1) is 12.7. The molecule has 1 N–H and O–H groups in total. The maximum Gasteiger partial charge on any atom is 0.254 e. The Morgan fingerprint density at radius 2 is 1.85 bits per heavy atom. The predicted octanol–water partition coefficient (Wildman–Crippen LogP) is 1.72. The van der Waals surface area contributed by atoms with Crippen LogP contribution >= 0.6 is 11.6 Å². The highest BCUT2D eigenvalue weighted by atomic mass is 35.5. The molecule has 1 aromatic carbocycles. The number of rotatable bonds is 8. The number of amides is 1. The third-order valence-corrected chi connectivity index (χ3v) is 5.72. The van der Waals surface area contributed by atoms with Gasteiger partial charge in [0.15, 0.2) is 0 Å². The second kappa shape index (κ2) is 9.23. The average molecular weight is 413 g/mol. The fourth-order valence-corrected chi connectivity index (χ4v) is 3.47. The van der Waals surface area contributed by atoms with Crippen LogP contribution in [0.3, 0.4) is 0 Å². The molecule has 0 radical (unpaired) electrons. The lowest BCUT2D eigenvalue weighted by atomic mass is 10.3. The normalized spacial score (nSPS) is 12.8. The molecule has 0 saturated heterocycles. The van der Waals surface area contributed by atoms with Gasteiger partial charge in [0.05, 0.1) is 23.6 Å². The number of aromatic nitrogens is 2. The van der Waals surface area contributed by atoms with Crippen molar-refractivity contribution in [3.8, 4) is 0 Å². The SMILES string of the molecule is COC[C@H](C)NC(=O)c1cnc(CN(C)S(=O)(=O)c2ccc(Cl)cc2)nc1. The molecule has 27 heavy (non-hydrogen) atoms. The summed E-state index contributed by atoms with van der Waals surface area (Å²) in [7, 11) is -0.719. The molecule has 0 saturated carbocycles. The zero-order chi connectivity index (χ0) is 20.0. The molecule has 0 aliphatic rings. The van der Waals surface area contributed by atoms with E-state index >= 15 is 0 Å². The van der Waals surface area contributed by atoms with Crippen molar-refractivity contribution in [2.75, 3.05) is 20.8 Å². The number of hydrogen-bond donors (Lipinski definition) is 1. The van der Waals surface area contributed by atoms with Gasteiger partial charge in [-0.15, -0.1) is 0 Å². The molecule has 0 aliphatic carbocycles. The Bertz CT molecular complexity index is 873. The number of nitrogens with one attached hydrogen (secondary N) is 1. The average Bonchev–Trinajstić information content (AvgIpc) is 2.62. The molecule has 0 unspecified atom stereocenters. The van der Waals surface area contributed by atoms with Crippen molar-refractivity contribution < 1.29 is 17.9 Å². The second-order valence-corrected chi connectivity index (χ2v) is 8.41. The van der Waals surface area contributed by atoms with Crippen LogP contribution in [0, 0.1) is 0 Å². The van der Waals surface area contributed by atoms with Gasteiger partial charge >= 0.3 is 0 Å². The van der Waals surface area contributed by atoms with Crippen LogP contribution in [0.4, 0.5) is 0 Å². The lowest BCUT2D eigenvalue weighted by molar-refractivity contribution is 0.0904. The number of sulfonamides is 1. The Morgan fingerprint density at radius 1 is 1.26 bits per heavy atom. The van der Waals surface area contributed by atoms with Gasteiger partial charge in [0.2, 0.25) is 10.0 Å². The quantitative estimate of drug-likeness (QED) is 0.708. The summed E-state index contributed by atoms with van der Waals surface area (Å²) < 4.78 is 31.2. The Labute approximate surface area is 163 Å². The van der Waals surface area contributed by atoms with Crippen molar-refractivity contribution in [1.82, 2.24) is 19.6 Å². The van der Waals surface area contributed by atoms with Crippen molar-refractivity contribution in [3.05, 3.63) is 53.1 Å². The third kappa shape index (κ3) is 5.70. The van der Waals surface area contributed by atoms with Crippen molar-refractivity contribution in [3.63, 3.8) is 0 Å². The summed E-state index contributed by atoms with van der Waals surface area (Å²) in [5.41, 5.74) is 0.282. The van der Waals surface area contributed by atoms with Crippen LogP contribution in [0.5, 0.6) is 0 Å². The Balaban J connectivity index is 2.05. The molecule has 0 fully saturated rings. The minimum Gasteiger partial charge on any atom is -0.383 e. The molecule has 1 amide bonds. The van der Waals surface area contributed by atoms with Gasteiger partial charge in [-0.05, 0) is 31.2 Å². The highest BCUT2D eigenvalue weighted by Gasteiger charge is 2.22. The van der Waals surface area contributed by atoms with E-state index in [0.717, 1.165) is 4.31 Å². The minimum absolute atomic E-state index is 0.0348. The number of halogens is 1. The van der Waals surface area contributed by atoms with Gasteiger partial charge in [0.25, 0.3) is 5.91 Å². The fourth-order valence-electron chi connectivity index (χ4n) is 2.22. The molecule has 2 aromatic rings. The highest BCUT2D eigenvalue weighted by molar-refractivity contribution is 7.89. The molecule has 2 rings (SSSR count). The Morgan fingerprint density at radius 3 is 2.41 bits per heavy atom. The predicted molar refractivity (Wildman–Crippen MR) is 101 cm³/mol. The van der Waals surface area contributed by atoms with Crippen LogP contribution in [0.25, 0.3) is 0 Å². The molecule has 0 spiro atoms. The largest absolute Gasteiger partial charge is 0.383 e. The molecular formula is C17H21ClN4O4S. The van der Waals surface area contributed by atoms with Crippen molar-refractivity contribution in [2.45, 2.75) is 24.4 Å². The maximum absolute atomic E-state index is 12.6. The number of hydrogen-bond acceptors (Lipinski definition) is 6. The summed E-state index contributed by atoms with van der Waals surface area (Å²) in [6, 6.07) is 5.73. The van der Waals surface area contributed by atoms with Crippen molar-refractivity contribution in [1.29, 1.82) is 0 Å². The molecule has 0 bridgehead atoms. The van der Waals surface area contributed by atoms with Crippen LogP contribution in [0.2, 0.25) is 5.02 Å². The van der Waals surface area contributed by atoms with Crippen LogP contribution in [-0.2, 0) is 21.3 Å². The Hall–Kier alpha value is -2.07. The number of ether oxygens (including phenoxy) is 1. The summed E-state index contributed by atoms with van der Waals surface area (Å²) in [6.45, 7) is 2.16. The second-order valence-electron chi connectivity index (χ2n) is 5.93. The first kappa shape index (κ1) is 21.2. The van der Waals surface area contributed by atoms with E-state index in [1.54, 1.807) is 7.11 Å². The highest BCUT2D eigenvalue weighted by Crippen LogP contribution is 2.18. The zero-order valence-corrected chi connectivity index (χ0v) is 16.8. The van der Waals surface area contributed by atoms with Gasteiger partial charge in [0.1, 0.15) is 5.82 Å². The van der Waals surface area contributed by atoms with E-state index in [4.69, 9.17) is 16.3 Å². The molecule has 1 atom stereocenters. The maximum atomic E-state index is 12.6. The number of methoxy groups -OCH3 is 1. The van der Waals surface area contributed by atoms with Crippen molar-refractivity contribution >= 4 is 27.5 Å². The van der Waals surface area contributed by atoms with E-state index in [9.17, 15) is 13.2 Å². The van der Waals surface area contributed by atoms with E-state index in [0.29, 0.717) is 11.6 Å². The molecule has 1 aromatic heterocycles. The molecule has 146 valence electrons. The number of benzene rings is 1. The summed E-state index contributed by atoms with van der Waals surface area (Å²) in [5.74, 6) is -0.0511. The minimum atomic E-state index is -3.70.